The zero-order valence-electron chi connectivity index (χ0n) is 16.5. The molecule has 5 heteroatoms. The molecule has 0 aliphatic carbocycles. The minimum atomic E-state index is -0.227. The summed E-state index contributed by atoms with van der Waals surface area (Å²) >= 11 is 0. The highest BCUT2D eigenvalue weighted by atomic mass is 19.1. The largest absolute Gasteiger partial charge is 0.496 e. The molecule has 0 unspecified atom stereocenters. The number of hydrogen-bond acceptors (Lipinski definition) is 3. The van der Waals surface area contributed by atoms with Crippen molar-refractivity contribution < 1.29 is 13.9 Å². The van der Waals surface area contributed by atoms with E-state index in [0.29, 0.717) is 12.5 Å². The van der Waals surface area contributed by atoms with Crippen LogP contribution in [-0.4, -0.2) is 43.1 Å². The molecule has 148 valence electrons. The molecule has 3 atom stereocenters. The van der Waals surface area contributed by atoms with Crippen molar-refractivity contribution in [2.75, 3.05) is 20.2 Å². The van der Waals surface area contributed by atoms with Gasteiger partial charge >= 0.3 is 0 Å². The second-order valence-corrected chi connectivity index (χ2v) is 7.88. The number of halogens is 1. The summed E-state index contributed by atoms with van der Waals surface area (Å²) in [5, 5.41) is 3.59. The van der Waals surface area contributed by atoms with Gasteiger partial charge in [-0.15, -0.1) is 0 Å². The van der Waals surface area contributed by atoms with E-state index in [1.165, 1.54) is 12.1 Å². The van der Waals surface area contributed by atoms with Crippen molar-refractivity contribution >= 4 is 5.91 Å². The number of nitrogens with one attached hydrogen (secondary N) is 1. The molecule has 4 nitrogen and oxygen atoms in total. The van der Waals surface area contributed by atoms with Crippen LogP contribution >= 0.6 is 0 Å². The number of methoxy groups -OCH3 is 1. The van der Waals surface area contributed by atoms with Gasteiger partial charge in [0.2, 0.25) is 5.91 Å². The van der Waals surface area contributed by atoms with E-state index < -0.39 is 0 Å². The predicted octanol–water partition coefficient (Wildman–Crippen LogP) is 3.43. The van der Waals surface area contributed by atoms with Crippen molar-refractivity contribution in [2.45, 2.75) is 44.2 Å². The highest BCUT2D eigenvalue weighted by Gasteiger charge is 2.44. The first kappa shape index (κ1) is 18.9. The van der Waals surface area contributed by atoms with Crippen LogP contribution in [0.25, 0.3) is 0 Å². The number of piperidine rings is 1. The van der Waals surface area contributed by atoms with Crippen LogP contribution in [-0.2, 0) is 11.2 Å². The molecule has 2 aliphatic rings. The monoisotopic (exact) mass is 382 g/mol. The highest BCUT2D eigenvalue weighted by Crippen LogP contribution is 2.35. The van der Waals surface area contributed by atoms with E-state index in [1.807, 2.05) is 42.2 Å². The first-order valence-electron chi connectivity index (χ1n) is 9.98. The maximum atomic E-state index is 13.4. The molecule has 0 saturated carbocycles. The fraction of sp³-hybridized carbons (Fsp3) is 0.435. The average Bonchev–Trinajstić information content (AvgIpc) is 3.13. The van der Waals surface area contributed by atoms with Crippen LogP contribution in [0, 0.1) is 12.7 Å². The zero-order chi connectivity index (χ0) is 19.7. The number of benzene rings is 2. The summed E-state index contributed by atoms with van der Waals surface area (Å²) in [6.45, 7) is 3.61. The number of ether oxygens (including phenoxy) is 1. The van der Waals surface area contributed by atoms with Gasteiger partial charge in [0, 0.05) is 30.6 Å². The van der Waals surface area contributed by atoms with E-state index in [-0.39, 0.29) is 23.7 Å². The Morgan fingerprint density at radius 2 is 2.04 bits per heavy atom. The first-order chi connectivity index (χ1) is 13.6. The van der Waals surface area contributed by atoms with E-state index in [4.69, 9.17) is 4.74 Å². The van der Waals surface area contributed by atoms with Gasteiger partial charge in [0.05, 0.1) is 19.6 Å². The van der Waals surface area contributed by atoms with Crippen molar-refractivity contribution in [2.24, 2.45) is 0 Å². The number of aryl methyl sites for hydroxylation is 1. The Morgan fingerprint density at radius 1 is 1.25 bits per heavy atom. The van der Waals surface area contributed by atoms with E-state index >= 15 is 0 Å². The Hall–Kier alpha value is -2.40. The normalized spacial score (nSPS) is 24.1. The Labute approximate surface area is 165 Å². The summed E-state index contributed by atoms with van der Waals surface area (Å²) in [5.74, 6) is 0.852. The lowest BCUT2D eigenvalue weighted by Gasteiger charge is -2.40. The maximum Gasteiger partial charge on any atom is 0.227 e. The number of rotatable bonds is 4. The van der Waals surface area contributed by atoms with Crippen molar-refractivity contribution in [1.82, 2.24) is 10.2 Å². The van der Waals surface area contributed by atoms with Crippen LogP contribution in [0.4, 0.5) is 4.39 Å². The van der Waals surface area contributed by atoms with Crippen LogP contribution in [0.2, 0.25) is 0 Å². The molecule has 2 saturated heterocycles. The Bertz CT molecular complexity index is 852. The summed E-state index contributed by atoms with van der Waals surface area (Å²) in [5.41, 5.74) is 3.14. The molecule has 2 aromatic carbocycles. The highest BCUT2D eigenvalue weighted by molar-refractivity contribution is 5.80. The molecule has 2 aliphatic heterocycles. The molecule has 0 spiro atoms. The minimum absolute atomic E-state index is 0.113. The molecule has 2 heterocycles. The van der Waals surface area contributed by atoms with Crippen LogP contribution in [0.5, 0.6) is 5.75 Å². The predicted molar refractivity (Wildman–Crippen MR) is 107 cm³/mol. The Balaban J connectivity index is 1.58. The van der Waals surface area contributed by atoms with Crippen molar-refractivity contribution in [3.8, 4) is 5.75 Å². The molecule has 4 rings (SSSR count). The Morgan fingerprint density at radius 3 is 2.79 bits per heavy atom. The summed E-state index contributed by atoms with van der Waals surface area (Å²) in [6, 6.07) is 13.1. The van der Waals surface area contributed by atoms with E-state index in [9.17, 15) is 9.18 Å². The first-order valence-corrected chi connectivity index (χ1v) is 9.98. The molecule has 2 aromatic rings. The van der Waals surface area contributed by atoms with Gasteiger partial charge in [-0.1, -0.05) is 29.8 Å². The lowest BCUT2D eigenvalue weighted by atomic mass is 9.85. The summed E-state index contributed by atoms with van der Waals surface area (Å²) in [4.78, 5) is 15.3. The maximum absolute atomic E-state index is 13.4. The number of carbonyl (C=O) groups excluding carboxylic acids is 1. The number of fused-ring (bicyclic) bond motifs is 1. The molecule has 0 aromatic heterocycles. The summed E-state index contributed by atoms with van der Waals surface area (Å²) in [7, 11) is 1.64. The van der Waals surface area contributed by atoms with E-state index in [0.717, 1.165) is 48.4 Å². The topological polar surface area (TPSA) is 41.6 Å². The summed E-state index contributed by atoms with van der Waals surface area (Å²) < 4.78 is 18.8. The third-order valence-corrected chi connectivity index (χ3v) is 6.09. The van der Waals surface area contributed by atoms with Gasteiger partial charge in [-0.25, -0.2) is 4.39 Å². The lowest BCUT2D eigenvalue weighted by Crippen LogP contribution is -2.53. The number of carbonyl (C=O) groups is 1. The minimum Gasteiger partial charge on any atom is -0.496 e. The smallest absolute Gasteiger partial charge is 0.227 e. The van der Waals surface area contributed by atoms with Crippen molar-refractivity contribution in [3.63, 3.8) is 0 Å². The second-order valence-electron chi connectivity index (χ2n) is 7.88. The van der Waals surface area contributed by atoms with Crippen LogP contribution in [0.15, 0.2) is 42.5 Å². The third-order valence-electron chi connectivity index (χ3n) is 6.09. The summed E-state index contributed by atoms with van der Waals surface area (Å²) in [6.07, 6.45) is 2.41. The fourth-order valence-electron chi connectivity index (χ4n) is 4.76. The lowest BCUT2D eigenvalue weighted by molar-refractivity contribution is -0.134. The molecule has 1 amide bonds. The SMILES string of the molecule is COc1ccc(C)cc1CC(=O)N1CCC[C@H]2NC[C@H](c3ccc(F)cc3)[C@H]21. The molecule has 28 heavy (non-hydrogen) atoms. The van der Waals surface area contributed by atoms with Crippen molar-refractivity contribution in [3.05, 3.63) is 65.0 Å². The number of nitrogens with zero attached hydrogens (tertiary/aromatic N) is 1. The molecular formula is C23H27FN2O2. The second kappa shape index (κ2) is 7.92. The standard InChI is InChI=1S/C23H27FN2O2/c1-15-5-10-21(28-2)17(12-15)13-22(27)26-11-3-4-20-23(26)19(14-25-20)16-6-8-18(24)9-7-16/h5-10,12,19-20,23,25H,3-4,11,13-14H2,1-2H3/t19-,20-,23-/m1/s1. The Kier molecular flexibility index (Phi) is 5.36. The van der Waals surface area contributed by atoms with E-state index in [1.54, 1.807) is 7.11 Å². The quantitative estimate of drug-likeness (QED) is 0.881. The molecule has 2 fully saturated rings. The molecule has 0 radical (unpaired) electrons. The number of likely N-dealkylation sites (tertiary alicyclic amines) is 1. The van der Waals surface area contributed by atoms with Crippen LogP contribution in [0.1, 0.15) is 35.4 Å². The number of hydrogen-bond donors (Lipinski definition) is 1. The van der Waals surface area contributed by atoms with Gasteiger partial charge in [0.15, 0.2) is 0 Å². The fourth-order valence-corrected chi connectivity index (χ4v) is 4.76. The van der Waals surface area contributed by atoms with Crippen LogP contribution in [0.3, 0.4) is 0 Å². The van der Waals surface area contributed by atoms with Crippen LogP contribution < -0.4 is 10.1 Å². The third kappa shape index (κ3) is 3.63. The van der Waals surface area contributed by atoms with Gasteiger partial charge in [-0.05, 0) is 43.5 Å². The van der Waals surface area contributed by atoms with Crippen molar-refractivity contribution in [1.29, 1.82) is 0 Å². The van der Waals surface area contributed by atoms with Gasteiger partial charge in [0.1, 0.15) is 11.6 Å². The van der Waals surface area contributed by atoms with Gasteiger partial charge in [-0.3, -0.25) is 4.79 Å². The molecular weight excluding hydrogens is 355 g/mol. The molecule has 0 bridgehead atoms. The zero-order valence-corrected chi connectivity index (χ0v) is 16.5. The molecule has 1 N–H and O–H groups in total. The van der Waals surface area contributed by atoms with Gasteiger partial charge in [-0.2, -0.15) is 0 Å². The van der Waals surface area contributed by atoms with Gasteiger partial charge < -0.3 is 15.0 Å². The number of amides is 1. The van der Waals surface area contributed by atoms with Gasteiger partial charge in [0.25, 0.3) is 0 Å². The average molecular weight is 382 g/mol. The van der Waals surface area contributed by atoms with E-state index in [2.05, 4.69) is 5.32 Å².